The SMILES string of the molecule is CC1(C)C(NC(=O)c2ccc(N3CCC(CCN4CCN(c5ccc6c(c5)C(=O)N(C5CCC(=O)NC5=O)C6=O)CC4)CC3)nn2)C(C)(C)C1Oc1ccc(C#N)c(Cl)c1. The molecule has 0 radical (unpaired) electrons. The molecule has 4 fully saturated rings. The lowest BCUT2D eigenvalue weighted by Gasteiger charge is -2.63. The second-order valence-corrected chi connectivity index (χ2v) is 18.2. The van der Waals surface area contributed by atoms with Crippen molar-refractivity contribution in [2.45, 2.75) is 78.0 Å². The molecule has 3 saturated heterocycles. The van der Waals surface area contributed by atoms with Gasteiger partial charge in [-0.3, -0.25) is 39.1 Å². The highest BCUT2D eigenvalue weighted by Gasteiger charge is 2.64. The van der Waals surface area contributed by atoms with Crippen LogP contribution >= 0.6 is 11.6 Å². The first kappa shape index (κ1) is 41.2. The van der Waals surface area contributed by atoms with Crippen LogP contribution in [0.2, 0.25) is 5.02 Å². The predicted molar refractivity (Wildman–Crippen MR) is 223 cm³/mol. The molecule has 1 aliphatic carbocycles. The monoisotopic (exact) mass is 835 g/mol. The lowest BCUT2D eigenvalue weighted by Crippen LogP contribution is -2.74. The first-order valence-electron chi connectivity index (χ1n) is 20.7. The molecule has 5 heterocycles. The number of aromatic nitrogens is 2. The Morgan fingerprint density at radius 3 is 2.25 bits per heavy atom. The zero-order valence-corrected chi connectivity index (χ0v) is 35.1. The smallest absolute Gasteiger partial charge is 0.272 e. The summed E-state index contributed by atoms with van der Waals surface area (Å²) in [5, 5.41) is 23.7. The summed E-state index contributed by atoms with van der Waals surface area (Å²) in [6.07, 6.45) is 3.20. The van der Waals surface area contributed by atoms with E-state index in [4.69, 9.17) is 16.3 Å². The second kappa shape index (κ2) is 16.1. The van der Waals surface area contributed by atoms with Gasteiger partial charge >= 0.3 is 0 Å². The van der Waals surface area contributed by atoms with E-state index in [9.17, 15) is 29.2 Å². The fourth-order valence-electron chi connectivity index (χ4n) is 10.1. The highest BCUT2D eigenvalue weighted by atomic mass is 35.5. The lowest BCUT2D eigenvalue weighted by molar-refractivity contribution is -0.164. The fraction of sp³-hybridized carbons (Fsp3) is 0.500. The summed E-state index contributed by atoms with van der Waals surface area (Å²) in [5.74, 6) is -0.330. The van der Waals surface area contributed by atoms with Crippen LogP contribution in [0.4, 0.5) is 11.5 Å². The zero-order valence-electron chi connectivity index (χ0n) is 34.4. The molecule has 4 aliphatic heterocycles. The summed E-state index contributed by atoms with van der Waals surface area (Å²) >= 11 is 6.24. The number of nitriles is 1. The van der Waals surface area contributed by atoms with E-state index in [0.29, 0.717) is 27.8 Å². The Balaban J connectivity index is 0.769. The molecular weight excluding hydrogens is 786 g/mol. The number of rotatable bonds is 10. The molecule has 60 heavy (non-hydrogen) atoms. The first-order valence-corrected chi connectivity index (χ1v) is 21.1. The van der Waals surface area contributed by atoms with Gasteiger partial charge in [0.05, 0.1) is 21.7 Å². The van der Waals surface area contributed by atoms with Gasteiger partial charge in [-0.1, -0.05) is 39.3 Å². The van der Waals surface area contributed by atoms with Crippen molar-refractivity contribution < 1.29 is 28.7 Å². The van der Waals surface area contributed by atoms with Crippen LogP contribution in [0, 0.1) is 28.1 Å². The van der Waals surface area contributed by atoms with Crippen molar-refractivity contribution in [3.05, 3.63) is 75.9 Å². The number of halogens is 1. The van der Waals surface area contributed by atoms with Crippen molar-refractivity contribution in [3.63, 3.8) is 0 Å². The Morgan fingerprint density at radius 2 is 1.60 bits per heavy atom. The van der Waals surface area contributed by atoms with Gasteiger partial charge in [0.2, 0.25) is 11.8 Å². The number of ether oxygens (including phenoxy) is 1. The van der Waals surface area contributed by atoms with Crippen LogP contribution in [0.25, 0.3) is 0 Å². The Kier molecular flexibility index (Phi) is 11.1. The minimum Gasteiger partial charge on any atom is -0.489 e. The average molecular weight is 836 g/mol. The van der Waals surface area contributed by atoms with Crippen molar-refractivity contribution in [2.75, 3.05) is 55.6 Å². The molecule has 8 rings (SSSR count). The Morgan fingerprint density at radius 1 is 0.883 bits per heavy atom. The maximum atomic E-state index is 13.4. The van der Waals surface area contributed by atoms with E-state index >= 15 is 0 Å². The third-order valence-electron chi connectivity index (χ3n) is 13.3. The molecule has 314 valence electrons. The van der Waals surface area contributed by atoms with Gasteiger partial charge in [0.15, 0.2) is 11.5 Å². The Labute approximate surface area is 354 Å². The van der Waals surface area contributed by atoms with Crippen molar-refractivity contribution in [3.8, 4) is 11.8 Å². The number of nitrogens with zero attached hydrogens (tertiary/aromatic N) is 7. The molecule has 2 aromatic carbocycles. The summed E-state index contributed by atoms with van der Waals surface area (Å²) in [7, 11) is 0. The number of hydrogen-bond acceptors (Lipinski definition) is 12. The molecule has 1 aromatic heterocycles. The second-order valence-electron chi connectivity index (χ2n) is 17.8. The van der Waals surface area contributed by atoms with Crippen molar-refractivity contribution in [2.24, 2.45) is 16.7 Å². The van der Waals surface area contributed by atoms with Gasteiger partial charge in [0.25, 0.3) is 17.7 Å². The summed E-state index contributed by atoms with van der Waals surface area (Å²) in [4.78, 5) is 71.8. The molecule has 1 saturated carbocycles. The summed E-state index contributed by atoms with van der Waals surface area (Å²) in [6, 6.07) is 14.9. The largest absolute Gasteiger partial charge is 0.489 e. The van der Waals surface area contributed by atoms with E-state index in [1.54, 1.807) is 36.4 Å². The Bertz CT molecular complexity index is 2240. The van der Waals surface area contributed by atoms with Crippen LogP contribution in [-0.4, -0.2) is 114 Å². The normalized spacial score (nSPS) is 24.1. The number of piperazine rings is 1. The number of imide groups is 2. The van der Waals surface area contributed by atoms with E-state index in [1.807, 2.05) is 12.1 Å². The zero-order chi connectivity index (χ0) is 42.5. The minimum absolute atomic E-state index is 0.0880. The van der Waals surface area contributed by atoms with Crippen LogP contribution in [0.3, 0.4) is 0 Å². The third-order valence-corrected chi connectivity index (χ3v) is 13.6. The number of piperidine rings is 2. The minimum atomic E-state index is -0.977. The number of benzene rings is 2. The number of amides is 5. The van der Waals surface area contributed by atoms with E-state index in [-0.39, 0.29) is 42.2 Å². The quantitative estimate of drug-likeness (QED) is 0.275. The number of nitrogens with one attached hydrogen (secondary N) is 2. The van der Waals surface area contributed by atoms with Gasteiger partial charge in [-0.05, 0) is 80.6 Å². The number of carbonyl (C=O) groups excluding carboxylic acids is 5. The van der Waals surface area contributed by atoms with E-state index in [0.717, 1.165) is 81.5 Å². The maximum Gasteiger partial charge on any atom is 0.272 e. The van der Waals surface area contributed by atoms with Crippen molar-refractivity contribution in [1.29, 1.82) is 5.26 Å². The molecule has 0 spiro atoms. The molecule has 5 amide bonds. The molecular formula is C44H50ClN9O6. The van der Waals surface area contributed by atoms with Gasteiger partial charge in [0, 0.05) is 74.3 Å². The van der Waals surface area contributed by atoms with Crippen LogP contribution in [0.5, 0.6) is 5.75 Å². The van der Waals surface area contributed by atoms with Gasteiger partial charge in [-0.2, -0.15) is 5.26 Å². The number of fused-ring (bicyclic) bond motifs is 1. The van der Waals surface area contributed by atoms with E-state index in [1.165, 1.54) is 0 Å². The Hall–Kier alpha value is -5.59. The summed E-state index contributed by atoms with van der Waals surface area (Å²) in [5.41, 5.74) is 1.33. The molecule has 1 unspecified atom stereocenters. The van der Waals surface area contributed by atoms with Crippen molar-refractivity contribution in [1.82, 2.24) is 30.6 Å². The van der Waals surface area contributed by atoms with E-state index < -0.39 is 40.5 Å². The lowest BCUT2D eigenvalue weighted by atomic mass is 9.49. The number of hydrogen-bond donors (Lipinski definition) is 2. The highest BCUT2D eigenvalue weighted by molar-refractivity contribution is 6.31. The van der Waals surface area contributed by atoms with Crippen molar-refractivity contribution >= 4 is 52.6 Å². The van der Waals surface area contributed by atoms with Crippen LogP contribution < -0.4 is 25.2 Å². The van der Waals surface area contributed by atoms with Gasteiger partial charge in [0.1, 0.15) is 24.0 Å². The third kappa shape index (κ3) is 7.67. The van der Waals surface area contributed by atoms with Gasteiger partial charge in [-0.25, -0.2) is 0 Å². The molecule has 2 N–H and O–H groups in total. The predicted octanol–water partition coefficient (Wildman–Crippen LogP) is 4.44. The molecule has 1 atom stereocenters. The standard InChI is InChI=1S/C44H50ClN9O6/c1-43(2)41(44(3,4)42(43)60-29-7-5-27(25-46)32(45)24-29)48-37(56)33-9-11-35(50-49-33)53-17-14-26(15-18-53)13-16-51-19-21-52(22-20-51)28-6-8-30-31(23-28)40(59)54(39(30)58)34-10-12-36(55)47-38(34)57/h5-9,11,23-24,26,34,41-42H,10,12-22H2,1-4H3,(H,48,56)(H,47,55,57). The number of carbonyl (C=O) groups is 5. The molecule has 3 aromatic rings. The molecule has 5 aliphatic rings. The summed E-state index contributed by atoms with van der Waals surface area (Å²) < 4.78 is 6.36. The fourth-order valence-corrected chi connectivity index (χ4v) is 10.3. The molecule has 0 bridgehead atoms. The average Bonchev–Trinajstić information content (AvgIpc) is 3.49. The highest BCUT2D eigenvalue weighted by Crippen LogP contribution is 2.55. The molecule has 16 heteroatoms. The molecule has 15 nitrogen and oxygen atoms in total. The number of anilines is 2. The van der Waals surface area contributed by atoms with E-state index in [2.05, 4.69) is 69.3 Å². The van der Waals surface area contributed by atoms with Gasteiger partial charge in [-0.15, -0.1) is 10.2 Å². The van der Waals surface area contributed by atoms with Crippen LogP contribution in [0.15, 0.2) is 48.5 Å². The van der Waals surface area contributed by atoms with Gasteiger partial charge < -0.3 is 19.9 Å². The topological polar surface area (TPSA) is 181 Å². The van der Waals surface area contributed by atoms with Crippen LogP contribution in [-0.2, 0) is 9.59 Å². The van der Waals surface area contributed by atoms with Crippen LogP contribution in [0.1, 0.15) is 96.6 Å². The maximum absolute atomic E-state index is 13.4. The first-order chi connectivity index (χ1) is 28.6. The summed E-state index contributed by atoms with van der Waals surface area (Å²) in [6.45, 7) is 14.4.